The van der Waals surface area contributed by atoms with Crippen LogP contribution in [0.1, 0.15) is 12.8 Å². The van der Waals surface area contributed by atoms with Gasteiger partial charge in [0.1, 0.15) is 5.75 Å². The molecule has 0 aliphatic carbocycles. The Hall–Kier alpha value is -2.49. The maximum atomic E-state index is 12.4. The molecule has 10 heteroatoms. The predicted molar refractivity (Wildman–Crippen MR) is 104 cm³/mol. The highest BCUT2D eigenvalue weighted by Crippen LogP contribution is 2.32. The van der Waals surface area contributed by atoms with E-state index in [1.54, 1.807) is 6.07 Å². The van der Waals surface area contributed by atoms with E-state index in [1.807, 2.05) is 0 Å². The first-order valence-corrected chi connectivity index (χ1v) is 10.4. The summed E-state index contributed by atoms with van der Waals surface area (Å²) in [4.78, 5) is 12.0. The number of amides is 1. The Morgan fingerprint density at radius 2 is 1.86 bits per heavy atom. The number of phenols is 1. The van der Waals surface area contributed by atoms with Gasteiger partial charge in [-0.1, -0.05) is 11.6 Å². The van der Waals surface area contributed by atoms with E-state index in [4.69, 9.17) is 21.1 Å². The number of rotatable bonds is 6. The molecule has 3 N–H and O–H groups in total. The van der Waals surface area contributed by atoms with Gasteiger partial charge in [-0.05, 0) is 30.3 Å². The Morgan fingerprint density at radius 3 is 2.64 bits per heavy atom. The Morgan fingerprint density at radius 1 is 1.11 bits per heavy atom. The third-order valence-corrected chi connectivity index (χ3v) is 5.60. The topological polar surface area (TPSA) is 114 Å². The van der Waals surface area contributed by atoms with Crippen LogP contribution in [-0.4, -0.2) is 39.2 Å². The quantitative estimate of drug-likeness (QED) is 0.611. The highest BCUT2D eigenvalue weighted by atomic mass is 35.5. The molecule has 2 aromatic rings. The van der Waals surface area contributed by atoms with E-state index in [0.717, 1.165) is 0 Å². The van der Waals surface area contributed by atoms with Gasteiger partial charge in [-0.15, -0.1) is 0 Å². The number of nitrogens with one attached hydrogen (secondary N) is 2. The molecule has 1 aliphatic rings. The fourth-order valence-corrected chi connectivity index (χ4v) is 3.73. The number of carbonyl (C=O) groups is 1. The van der Waals surface area contributed by atoms with Gasteiger partial charge in [0.15, 0.2) is 11.5 Å². The molecule has 8 nitrogen and oxygen atoms in total. The van der Waals surface area contributed by atoms with Crippen LogP contribution in [0.5, 0.6) is 17.2 Å². The van der Waals surface area contributed by atoms with Gasteiger partial charge < -0.3 is 19.9 Å². The summed E-state index contributed by atoms with van der Waals surface area (Å²) in [6, 6.07) is 8.59. The Labute approximate surface area is 167 Å². The van der Waals surface area contributed by atoms with Gasteiger partial charge in [-0.25, -0.2) is 13.1 Å². The largest absolute Gasteiger partial charge is 0.506 e. The number of aromatic hydroxyl groups is 1. The van der Waals surface area contributed by atoms with Crippen LogP contribution in [0.25, 0.3) is 0 Å². The van der Waals surface area contributed by atoms with Crippen LogP contribution in [0.4, 0.5) is 5.69 Å². The molecule has 2 aromatic carbocycles. The molecule has 1 heterocycles. The summed E-state index contributed by atoms with van der Waals surface area (Å²) in [6.45, 7) is 0.832. The smallest absolute Gasteiger partial charge is 0.240 e. The second kappa shape index (κ2) is 8.68. The maximum Gasteiger partial charge on any atom is 0.240 e. The van der Waals surface area contributed by atoms with E-state index in [0.29, 0.717) is 36.2 Å². The Bertz CT molecular complexity index is 980. The fourth-order valence-electron chi connectivity index (χ4n) is 2.51. The summed E-state index contributed by atoms with van der Waals surface area (Å²) in [5.41, 5.74) is 0.156. The SMILES string of the molecule is O=C(CCNS(=O)(=O)c1ccc2c(c1)OCCCO2)Nc1cc(Cl)ccc1O. The van der Waals surface area contributed by atoms with Gasteiger partial charge in [0.25, 0.3) is 0 Å². The average Bonchev–Trinajstić information content (AvgIpc) is 2.89. The van der Waals surface area contributed by atoms with E-state index in [-0.39, 0.29) is 29.3 Å². The zero-order valence-corrected chi connectivity index (χ0v) is 16.3. The van der Waals surface area contributed by atoms with Crippen molar-refractivity contribution >= 4 is 33.2 Å². The van der Waals surface area contributed by atoms with Crippen molar-refractivity contribution in [2.75, 3.05) is 25.1 Å². The van der Waals surface area contributed by atoms with Gasteiger partial charge >= 0.3 is 0 Å². The van der Waals surface area contributed by atoms with Gasteiger partial charge in [0, 0.05) is 30.5 Å². The lowest BCUT2D eigenvalue weighted by molar-refractivity contribution is -0.116. The van der Waals surface area contributed by atoms with Gasteiger partial charge in [0.2, 0.25) is 15.9 Å². The molecule has 0 fully saturated rings. The highest BCUT2D eigenvalue weighted by Gasteiger charge is 2.19. The molecular formula is C18H19ClN2O6S. The van der Waals surface area contributed by atoms with E-state index in [9.17, 15) is 18.3 Å². The van der Waals surface area contributed by atoms with Crippen LogP contribution in [0, 0.1) is 0 Å². The van der Waals surface area contributed by atoms with Gasteiger partial charge in [0.05, 0.1) is 23.8 Å². The van der Waals surface area contributed by atoms with Crippen LogP contribution in [0.15, 0.2) is 41.3 Å². The summed E-state index contributed by atoms with van der Waals surface area (Å²) >= 11 is 5.82. The van der Waals surface area contributed by atoms with Crippen molar-refractivity contribution in [2.45, 2.75) is 17.7 Å². The van der Waals surface area contributed by atoms with E-state index in [2.05, 4.69) is 10.0 Å². The van der Waals surface area contributed by atoms with Crippen molar-refractivity contribution in [1.29, 1.82) is 0 Å². The van der Waals surface area contributed by atoms with E-state index >= 15 is 0 Å². The van der Waals surface area contributed by atoms with Crippen LogP contribution in [0.3, 0.4) is 0 Å². The fraction of sp³-hybridized carbons (Fsp3) is 0.278. The number of carbonyl (C=O) groups excluding carboxylic acids is 1. The molecule has 0 bridgehead atoms. The van der Waals surface area contributed by atoms with Crippen LogP contribution >= 0.6 is 11.6 Å². The molecule has 0 radical (unpaired) electrons. The number of halogens is 1. The molecule has 3 rings (SSSR count). The first-order valence-electron chi connectivity index (χ1n) is 8.53. The number of benzene rings is 2. The predicted octanol–water partition coefficient (Wildman–Crippen LogP) is 2.51. The standard InChI is InChI=1S/C18H19ClN2O6S/c19-12-2-4-15(22)14(10-12)21-18(23)6-7-20-28(24,25)13-3-5-16-17(11-13)27-9-1-8-26-16/h2-5,10-11,20,22H,1,6-9H2,(H,21,23). The summed E-state index contributed by atoms with van der Waals surface area (Å²) < 4.78 is 38.2. The number of ether oxygens (including phenoxy) is 2. The highest BCUT2D eigenvalue weighted by molar-refractivity contribution is 7.89. The molecular weight excluding hydrogens is 408 g/mol. The molecule has 0 atom stereocenters. The first-order chi connectivity index (χ1) is 13.3. The molecule has 0 saturated heterocycles. The van der Waals surface area contributed by atoms with E-state index in [1.165, 1.54) is 30.3 Å². The number of phenolic OH excluding ortho intramolecular Hbond substituents is 1. The molecule has 28 heavy (non-hydrogen) atoms. The minimum absolute atomic E-state index is 0.0182. The second-order valence-corrected chi connectivity index (χ2v) is 8.22. The molecule has 1 amide bonds. The zero-order valence-electron chi connectivity index (χ0n) is 14.8. The summed E-state index contributed by atoms with van der Waals surface area (Å²) in [5.74, 6) is 0.260. The van der Waals surface area contributed by atoms with Gasteiger partial charge in [-0.3, -0.25) is 4.79 Å². The third kappa shape index (κ3) is 5.06. The van der Waals surface area contributed by atoms with E-state index < -0.39 is 15.9 Å². The van der Waals surface area contributed by atoms with Crippen molar-refractivity contribution in [3.8, 4) is 17.2 Å². The second-order valence-electron chi connectivity index (χ2n) is 6.02. The minimum atomic E-state index is -3.83. The lowest BCUT2D eigenvalue weighted by Crippen LogP contribution is -2.27. The van der Waals surface area contributed by atoms with Crippen molar-refractivity contribution in [1.82, 2.24) is 4.72 Å². The van der Waals surface area contributed by atoms with Gasteiger partial charge in [-0.2, -0.15) is 0 Å². The summed E-state index contributed by atoms with van der Waals surface area (Å²) in [6.07, 6.45) is 0.585. The molecule has 0 spiro atoms. The number of hydrogen-bond donors (Lipinski definition) is 3. The molecule has 0 unspecified atom stereocenters. The van der Waals surface area contributed by atoms with Crippen molar-refractivity contribution in [3.05, 3.63) is 41.4 Å². The monoisotopic (exact) mass is 426 g/mol. The van der Waals surface area contributed by atoms with Crippen LogP contribution in [-0.2, 0) is 14.8 Å². The minimum Gasteiger partial charge on any atom is -0.506 e. The summed E-state index contributed by atoms with van der Waals surface area (Å²) in [7, 11) is -3.83. The number of fused-ring (bicyclic) bond motifs is 1. The van der Waals surface area contributed by atoms with Crippen molar-refractivity contribution < 1.29 is 27.8 Å². The molecule has 0 saturated carbocycles. The Balaban J connectivity index is 1.58. The number of sulfonamides is 1. The maximum absolute atomic E-state index is 12.4. The average molecular weight is 427 g/mol. The first kappa shape index (κ1) is 20.2. The number of hydrogen-bond acceptors (Lipinski definition) is 6. The van der Waals surface area contributed by atoms with Crippen LogP contribution in [0.2, 0.25) is 5.02 Å². The number of anilines is 1. The van der Waals surface area contributed by atoms with Crippen molar-refractivity contribution in [2.24, 2.45) is 0 Å². The molecule has 1 aliphatic heterocycles. The third-order valence-electron chi connectivity index (χ3n) is 3.91. The Kier molecular flexibility index (Phi) is 6.28. The lowest BCUT2D eigenvalue weighted by atomic mass is 10.3. The van der Waals surface area contributed by atoms with Crippen molar-refractivity contribution in [3.63, 3.8) is 0 Å². The normalized spacial score (nSPS) is 13.6. The molecule has 0 aromatic heterocycles. The zero-order chi connectivity index (χ0) is 20.1. The lowest BCUT2D eigenvalue weighted by Gasteiger charge is -2.11. The van der Waals surface area contributed by atoms with Crippen LogP contribution < -0.4 is 19.5 Å². The molecule has 150 valence electrons. The summed E-state index contributed by atoms with van der Waals surface area (Å²) in [5, 5.41) is 12.5.